The maximum Gasteiger partial charge on any atom is 0.274 e. The van der Waals surface area contributed by atoms with Gasteiger partial charge < -0.3 is 15.5 Å². The first-order valence-electron chi connectivity index (χ1n) is 11.5. The molecular formula is C27H25N7OS. The van der Waals surface area contributed by atoms with Crippen molar-refractivity contribution in [2.75, 3.05) is 37.4 Å². The van der Waals surface area contributed by atoms with E-state index in [-0.39, 0.29) is 11.6 Å². The van der Waals surface area contributed by atoms with E-state index in [9.17, 15) is 4.79 Å². The molecule has 2 N–H and O–H groups in total. The smallest absolute Gasteiger partial charge is 0.274 e. The molecule has 0 bridgehead atoms. The van der Waals surface area contributed by atoms with E-state index in [4.69, 9.17) is 9.97 Å². The quantitative estimate of drug-likeness (QED) is 0.321. The van der Waals surface area contributed by atoms with Crippen LogP contribution in [0.15, 0.2) is 79.0 Å². The Kier molecular flexibility index (Phi) is 6.92. The van der Waals surface area contributed by atoms with Gasteiger partial charge in [-0.3, -0.25) is 4.79 Å². The van der Waals surface area contributed by atoms with Crippen LogP contribution in [0.1, 0.15) is 10.5 Å². The van der Waals surface area contributed by atoms with E-state index in [0.29, 0.717) is 17.3 Å². The third-order valence-electron chi connectivity index (χ3n) is 5.64. The lowest BCUT2D eigenvalue weighted by atomic mass is 10.1. The normalized spacial score (nSPS) is 10.9. The minimum Gasteiger partial charge on any atom is -0.358 e. The topological polar surface area (TPSA) is 95.9 Å². The first kappa shape index (κ1) is 23.5. The first-order valence-corrected chi connectivity index (χ1v) is 12.4. The minimum atomic E-state index is -0.315. The molecule has 1 amide bonds. The molecule has 0 saturated carbocycles. The molecule has 0 aliphatic heterocycles. The van der Waals surface area contributed by atoms with Gasteiger partial charge in [-0.05, 0) is 31.3 Å². The number of hydrogen-bond acceptors (Lipinski definition) is 8. The van der Waals surface area contributed by atoms with Crippen LogP contribution in [0.4, 0.5) is 11.5 Å². The molecule has 9 heteroatoms. The van der Waals surface area contributed by atoms with Gasteiger partial charge >= 0.3 is 0 Å². The van der Waals surface area contributed by atoms with Crippen molar-refractivity contribution in [1.82, 2.24) is 25.3 Å². The second kappa shape index (κ2) is 10.6. The Labute approximate surface area is 213 Å². The van der Waals surface area contributed by atoms with E-state index in [0.717, 1.165) is 39.6 Å². The van der Waals surface area contributed by atoms with E-state index in [1.54, 1.807) is 12.3 Å². The van der Waals surface area contributed by atoms with Crippen LogP contribution in [-0.4, -0.2) is 53.0 Å². The van der Waals surface area contributed by atoms with Crippen LogP contribution in [0.5, 0.6) is 0 Å². The van der Waals surface area contributed by atoms with Gasteiger partial charge in [-0.1, -0.05) is 53.8 Å². The Bertz CT molecular complexity index is 1470. The van der Waals surface area contributed by atoms with Crippen LogP contribution in [0.2, 0.25) is 0 Å². The van der Waals surface area contributed by atoms with Crippen molar-refractivity contribution < 1.29 is 4.79 Å². The molecule has 0 aliphatic carbocycles. The second-order valence-corrected chi connectivity index (χ2v) is 9.15. The lowest BCUT2D eigenvalue weighted by molar-refractivity contribution is 0.102. The number of nitrogens with zero attached hydrogens (tertiary/aromatic N) is 5. The van der Waals surface area contributed by atoms with E-state index >= 15 is 0 Å². The summed E-state index contributed by atoms with van der Waals surface area (Å²) >= 11 is 1.49. The minimum absolute atomic E-state index is 0.288. The highest BCUT2D eigenvalue weighted by atomic mass is 32.1. The van der Waals surface area contributed by atoms with Crippen molar-refractivity contribution in [2.24, 2.45) is 0 Å². The van der Waals surface area contributed by atoms with Crippen LogP contribution in [0.25, 0.3) is 32.3 Å². The lowest BCUT2D eigenvalue weighted by Crippen LogP contribution is -2.28. The summed E-state index contributed by atoms with van der Waals surface area (Å²) in [4.78, 5) is 34.8. The fourth-order valence-electron chi connectivity index (χ4n) is 3.71. The molecule has 3 aromatic heterocycles. The zero-order valence-corrected chi connectivity index (χ0v) is 20.8. The van der Waals surface area contributed by atoms with Crippen LogP contribution in [-0.2, 0) is 0 Å². The molecule has 8 nitrogen and oxygen atoms in total. The number of para-hydroxylation sites is 1. The van der Waals surface area contributed by atoms with Crippen molar-refractivity contribution in [1.29, 1.82) is 0 Å². The monoisotopic (exact) mass is 495 g/mol. The van der Waals surface area contributed by atoms with Gasteiger partial charge in [-0.25, -0.2) is 19.9 Å². The fraction of sp³-hybridized carbons (Fsp3) is 0.148. The first-order chi connectivity index (χ1) is 17.6. The highest BCUT2D eigenvalue weighted by molar-refractivity contribution is 7.21. The molecule has 5 aromatic rings. The van der Waals surface area contributed by atoms with Crippen LogP contribution in [0.3, 0.4) is 0 Å². The second-order valence-electron chi connectivity index (χ2n) is 8.17. The highest BCUT2D eigenvalue weighted by Crippen LogP contribution is 2.34. The number of aromatic nitrogens is 4. The Hall–Kier alpha value is -4.21. The number of rotatable bonds is 8. The summed E-state index contributed by atoms with van der Waals surface area (Å²) in [5, 5.41) is 6.98. The molecule has 36 heavy (non-hydrogen) atoms. The summed E-state index contributed by atoms with van der Waals surface area (Å²) in [5.41, 5.74) is 3.45. The van der Waals surface area contributed by atoms with E-state index in [1.807, 2.05) is 85.7 Å². The number of anilines is 2. The zero-order valence-electron chi connectivity index (χ0n) is 20.0. The third-order valence-corrected chi connectivity index (χ3v) is 6.65. The summed E-state index contributed by atoms with van der Waals surface area (Å²) in [6.45, 7) is 1.52. The molecule has 0 aliphatic rings. The van der Waals surface area contributed by atoms with Crippen LogP contribution >= 0.6 is 11.3 Å². The average Bonchev–Trinajstić information content (AvgIpc) is 3.36. The largest absolute Gasteiger partial charge is 0.358 e. The average molecular weight is 496 g/mol. The van der Waals surface area contributed by atoms with Gasteiger partial charge in [0.05, 0.1) is 5.69 Å². The Balaban J connectivity index is 1.50. The maximum atomic E-state index is 13.5. The molecule has 0 atom stereocenters. The highest BCUT2D eigenvalue weighted by Gasteiger charge is 2.18. The van der Waals surface area contributed by atoms with Gasteiger partial charge in [-0.15, -0.1) is 0 Å². The molecule has 180 valence electrons. The number of fused-ring (bicyclic) bond motifs is 1. The number of carbonyl (C=O) groups is 1. The van der Waals surface area contributed by atoms with Crippen LogP contribution < -0.4 is 15.5 Å². The number of carbonyl (C=O) groups excluding carboxylic acids is 1. The van der Waals surface area contributed by atoms with Crippen molar-refractivity contribution in [3.05, 3.63) is 84.7 Å². The lowest BCUT2D eigenvalue weighted by Gasteiger charge is -2.19. The van der Waals surface area contributed by atoms with Crippen molar-refractivity contribution in [2.45, 2.75) is 0 Å². The summed E-state index contributed by atoms with van der Waals surface area (Å²) in [6, 6.07) is 22.8. The zero-order chi connectivity index (χ0) is 24.9. The number of pyridine rings is 1. The standard InChI is InChI=1S/C27H25N7OS/c1-28-15-16-34(2)23-17-22(30-24(33-23)18-9-4-3-5-10-18)25(35)31-20-12-7-6-11-19(20)26-32-21-13-8-14-29-27(21)36-26/h3-14,17,28H,15-16H2,1-2H3,(H,31,35). The van der Waals surface area contributed by atoms with Crippen LogP contribution in [0, 0.1) is 0 Å². The van der Waals surface area contributed by atoms with Gasteiger partial charge in [0, 0.05) is 43.5 Å². The summed E-state index contributed by atoms with van der Waals surface area (Å²) in [7, 11) is 3.85. The molecule has 0 radical (unpaired) electrons. The number of benzene rings is 2. The predicted octanol–water partition coefficient (Wildman–Crippen LogP) is 4.72. The maximum absolute atomic E-state index is 13.5. The fourth-order valence-corrected chi connectivity index (χ4v) is 4.65. The number of thiazole rings is 1. The number of hydrogen-bond donors (Lipinski definition) is 2. The molecule has 0 unspecified atom stereocenters. The van der Waals surface area contributed by atoms with Gasteiger partial charge in [0.15, 0.2) is 5.82 Å². The van der Waals surface area contributed by atoms with Crippen molar-refractivity contribution >= 4 is 39.1 Å². The molecule has 2 aromatic carbocycles. The summed E-state index contributed by atoms with van der Waals surface area (Å²) in [6.07, 6.45) is 1.75. The summed E-state index contributed by atoms with van der Waals surface area (Å²) in [5.74, 6) is 0.861. The van der Waals surface area contributed by atoms with Crippen molar-refractivity contribution in [3.63, 3.8) is 0 Å². The van der Waals surface area contributed by atoms with Gasteiger partial charge in [0.25, 0.3) is 5.91 Å². The number of nitrogens with one attached hydrogen (secondary N) is 2. The SMILES string of the molecule is CNCCN(C)c1cc(C(=O)Nc2ccccc2-c2nc3cccnc3s2)nc(-c2ccccc2)n1. The molecule has 0 spiro atoms. The Morgan fingerprint density at radius 1 is 0.972 bits per heavy atom. The molecular weight excluding hydrogens is 470 g/mol. The van der Waals surface area contributed by atoms with Gasteiger partial charge in [0.2, 0.25) is 0 Å². The van der Waals surface area contributed by atoms with Crippen molar-refractivity contribution in [3.8, 4) is 22.0 Å². The Morgan fingerprint density at radius 3 is 2.58 bits per heavy atom. The predicted molar refractivity (Wildman–Crippen MR) is 145 cm³/mol. The van der Waals surface area contributed by atoms with Gasteiger partial charge in [-0.2, -0.15) is 0 Å². The molecule has 0 saturated heterocycles. The van der Waals surface area contributed by atoms with E-state index in [2.05, 4.69) is 20.6 Å². The Morgan fingerprint density at radius 2 is 1.78 bits per heavy atom. The van der Waals surface area contributed by atoms with Gasteiger partial charge in [0.1, 0.15) is 26.9 Å². The molecule has 3 heterocycles. The molecule has 0 fully saturated rings. The third kappa shape index (κ3) is 5.07. The van der Waals surface area contributed by atoms with E-state index < -0.39 is 0 Å². The number of likely N-dealkylation sites (N-methyl/N-ethyl adjacent to an activating group) is 2. The van der Waals surface area contributed by atoms with E-state index in [1.165, 1.54) is 11.3 Å². The molecule has 5 rings (SSSR count). The summed E-state index contributed by atoms with van der Waals surface area (Å²) < 4.78 is 0. The number of amides is 1.